The summed E-state index contributed by atoms with van der Waals surface area (Å²) in [5.74, 6) is 1.71. The number of aryl methyl sites for hydroxylation is 1. The Hall–Kier alpha value is -1.52. The van der Waals surface area contributed by atoms with Crippen molar-refractivity contribution in [2.24, 2.45) is 10.9 Å². The third-order valence-corrected chi connectivity index (χ3v) is 3.14. The van der Waals surface area contributed by atoms with Gasteiger partial charge >= 0.3 is 0 Å². The molecule has 5 heteroatoms. The van der Waals surface area contributed by atoms with Crippen LogP contribution in [0.15, 0.2) is 17.4 Å². The van der Waals surface area contributed by atoms with E-state index in [1.807, 2.05) is 24.0 Å². The fraction of sp³-hybridized carbons (Fsp3) is 0.692. The van der Waals surface area contributed by atoms with Crippen LogP contribution in [-0.2, 0) is 6.54 Å². The first-order valence-corrected chi connectivity index (χ1v) is 6.73. The Labute approximate surface area is 109 Å². The van der Waals surface area contributed by atoms with Crippen molar-refractivity contribution in [2.75, 3.05) is 13.1 Å². The van der Waals surface area contributed by atoms with Crippen LogP contribution in [0.2, 0.25) is 0 Å². The van der Waals surface area contributed by atoms with Crippen LogP contribution >= 0.6 is 0 Å². The largest absolute Gasteiger partial charge is 0.357 e. The van der Waals surface area contributed by atoms with Crippen molar-refractivity contribution in [3.63, 3.8) is 0 Å². The molecule has 1 heterocycles. The second-order valence-corrected chi connectivity index (χ2v) is 5.01. The Morgan fingerprint density at radius 1 is 1.61 bits per heavy atom. The fourth-order valence-electron chi connectivity index (χ4n) is 1.87. The summed E-state index contributed by atoms with van der Waals surface area (Å²) in [6, 6.07) is 0.606. The van der Waals surface area contributed by atoms with Crippen molar-refractivity contribution in [3.8, 4) is 0 Å². The summed E-state index contributed by atoms with van der Waals surface area (Å²) in [7, 11) is 0. The van der Waals surface area contributed by atoms with Crippen LogP contribution in [0.4, 0.5) is 0 Å². The highest BCUT2D eigenvalue weighted by Gasteiger charge is 2.33. The molecule has 1 aromatic rings. The molecule has 2 atom stereocenters. The lowest BCUT2D eigenvalue weighted by Crippen LogP contribution is -2.39. The minimum atomic E-state index is 0.606. The first kappa shape index (κ1) is 12.9. The smallest absolute Gasteiger partial charge is 0.191 e. The molecular formula is C13H23N5. The maximum absolute atomic E-state index is 4.57. The topological polar surface area (TPSA) is 54.2 Å². The predicted octanol–water partition coefficient (Wildman–Crippen LogP) is 1.16. The number of hydrogen-bond donors (Lipinski definition) is 2. The van der Waals surface area contributed by atoms with Crippen molar-refractivity contribution in [3.05, 3.63) is 18.0 Å². The number of nitrogens with zero attached hydrogens (tertiary/aromatic N) is 3. The highest BCUT2D eigenvalue weighted by Crippen LogP contribution is 2.28. The third kappa shape index (κ3) is 3.75. The zero-order valence-electron chi connectivity index (χ0n) is 11.5. The van der Waals surface area contributed by atoms with E-state index < -0.39 is 0 Å². The van der Waals surface area contributed by atoms with E-state index in [4.69, 9.17) is 0 Å². The number of aliphatic imine (C=N–C) groups is 1. The molecule has 0 saturated heterocycles. The number of aromatic nitrogens is 2. The van der Waals surface area contributed by atoms with Crippen LogP contribution in [0.3, 0.4) is 0 Å². The Bertz CT molecular complexity index is 409. The predicted molar refractivity (Wildman–Crippen MR) is 73.6 cm³/mol. The summed E-state index contributed by atoms with van der Waals surface area (Å²) >= 11 is 0. The molecule has 0 spiro atoms. The molecule has 0 bridgehead atoms. The Balaban J connectivity index is 1.79. The van der Waals surface area contributed by atoms with Crippen molar-refractivity contribution in [1.82, 2.24) is 20.4 Å². The van der Waals surface area contributed by atoms with Gasteiger partial charge in [0.05, 0.1) is 19.3 Å². The molecule has 1 aromatic heterocycles. The SMILES string of the molecule is CCNC(=NCCn1cc(C)cn1)NC1CC1C. The normalized spacial score (nSPS) is 22.9. The lowest BCUT2D eigenvalue weighted by Gasteiger charge is -2.10. The van der Waals surface area contributed by atoms with Gasteiger partial charge < -0.3 is 10.6 Å². The number of guanidine groups is 1. The lowest BCUT2D eigenvalue weighted by molar-refractivity contribution is 0.621. The second kappa shape index (κ2) is 5.89. The van der Waals surface area contributed by atoms with E-state index in [0.29, 0.717) is 6.04 Å². The molecule has 1 saturated carbocycles. The minimum Gasteiger partial charge on any atom is -0.357 e. The molecule has 2 N–H and O–H groups in total. The van der Waals surface area contributed by atoms with Crippen LogP contribution in [0.1, 0.15) is 25.8 Å². The molecule has 100 valence electrons. The van der Waals surface area contributed by atoms with Gasteiger partial charge in [-0.15, -0.1) is 0 Å². The van der Waals surface area contributed by atoms with E-state index in [9.17, 15) is 0 Å². The summed E-state index contributed by atoms with van der Waals surface area (Å²) in [5.41, 5.74) is 1.19. The number of nitrogens with one attached hydrogen (secondary N) is 2. The van der Waals surface area contributed by atoms with Crippen LogP contribution in [0.5, 0.6) is 0 Å². The molecule has 0 aromatic carbocycles. The molecule has 0 aliphatic heterocycles. The van der Waals surface area contributed by atoms with E-state index in [1.165, 1.54) is 12.0 Å². The average molecular weight is 249 g/mol. The van der Waals surface area contributed by atoms with Gasteiger partial charge in [-0.3, -0.25) is 9.67 Å². The fourth-order valence-corrected chi connectivity index (χ4v) is 1.87. The Kier molecular flexibility index (Phi) is 4.23. The molecule has 2 unspecified atom stereocenters. The zero-order valence-corrected chi connectivity index (χ0v) is 11.5. The van der Waals surface area contributed by atoms with Gasteiger partial charge in [0.25, 0.3) is 0 Å². The monoisotopic (exact) mass is 249 g/mol. The second-order valence-electron chi connectivity index (χ2n) is 5.01. The van der Waals surface area contributed by atoms with Gasteiger partial charge in [0.1, 0.15) is 0 Å². The molecule has 18 heavy (non-hydrogen) atoms. The van der Waals surface area contributed by atoms with Crippen LogP contribution in [0.25, 0.3) is 0 Å². The standard InChI is InChI=1S/C13H23N5/c1-4-14-13(17-12-7-11(12)3)15-5-6-18-9-10(2)8-16-18/h8-9,11-12H,4-7H2,1-3H3,(H2,14,15,17). The van der Waals surface area contributed by atoms with Crippen LogP contribution in [-0.4, -0.2) is 34.9 Å². The van der Waals surface area contributed by atoms with E-state index in [-0.39, 0.29) is 0 Å². The molecular weight excluding hydrogens is 226 g/mol. The molecule has 1 fully saturated rings. The summed E-state index contributed by atoms with van der Waals surface area (Å²) in [5, 5.41) is 11.0. The Morgan fingerprint density at radius 2 is 2.39 bits per heavy atom. The maximum Gasteiger partial charge on any atom is 0.191 e. The summed E-state index contributed by atoms with van der Waals surface area (Å²) < 4.78 is 1.93. The highest BCUT2D eigenvalue weighted by atomic mass is 15.3. The maximum atomic E-state index is 4.57. The number of hydrogen-bond acceptors (Lipinski definition) is 2. The van der Waals surface area contributed by atoms with Gasteiger partial charge in [-0.1, -0.05) is 6.92 Å². The first-order chi connectivity index (χ1) is 8.69. The molecule has 2 rings (SSSR count). The molecule has 1 aliphatic rings. The minimum absolute atomic E-state index is 0.606. The quantitative estimate of drug-likeness (QED) is 0.608. The molecule has 5 nitrogen and oxygen atoms in total. The van der Waals surface area contributed by atoms with Gasteiger partial charge in [-0.25, -0.2) is 0 Å². The van der Waals surface area contributed by atoms with Gasteiger partial charge in [0, 0.05) is 18.8 Å². The molecule has 0 amide bonds. The average Bonchev–Trinajstić information content (AvgIpc) is 2.85. The molecule has 1 aliphatic carbocycles. The van der Waals surface area contributed by atoms with Gasteiger partial charge in [-0.05, 0) is 31.7 Å². The van der Waals surface area contributed by atoms with E-state index >= 15 is 0 Å². The molecule has 0 radical (unpaired) electrons. The van der Waals surface area contributed by atoms with Gasteiger partial charge in [-0.2, -0.15) is 5.10 Å². The van der Waals surface area contributed by atoms with E-state index in [2.05, 4.69) is 34.6 Å². The van der Waals surface area contributed by atoms with E-state index in [0.717, 1.165) is 31.5 Å². The summed E-state index contributed by atoms with van der Waals surface area (Å²) in [6.07, 6.45) is 5.17. The first-order valence-electron chi connectivity index (χ1n) is 6.73. The van der Waals surface area contributed by atoms with Crippen molar-refractivity contribution >= 4 is 5.96 Å². The lowest BCUT2D eigenvalue weighted by atomic mass is 10.4. The third-order valence-electron chi connectivity index (χ3n) is 3.14. The summed E-state index contributed by atoms with van der Waals surface area (Å²) in [4.78, 5) is 4.57. The highest BCUT2D eigenvalue weighted by molar-refractivity contribution is 5.80. The van der Waals surface area contributed by atoms with Crippen molar-refractivity contribution in [1.29, 1.82) is 0 Å². The van der Waals surface area contributed by atoms with Crippen LogP contribution < -0.4 is 10.6 Å². The van der Waals surface area contributed by atoms with Crippen molar-refractivity contribution < 1.29 is 0 Å². The van der Waals surface area contributed by atoms with E-state index in [1.54, 1.807) is 0 Å². The van der Waals surface area contributed by atoms with Crippen molar-refractivity contribution in [2.45, 2.75) is 39.8 Å². The zero-order chi connectivity index (χ0) is 13.0. The number of rotatable bonds is 5. The van der Waals surface area contributed by atoms with Gasteiger partial charge in [0.15, 0.2) is 5.96 Å². The Morgan fingerprint density at radius 3 is 2.94 bits per heavy atom. The summed E-state index contributed by atoms with van der Waals surface area (Å²) in [6.45, 7) is 8.86. The van der Waals surface area contributed by atoms with Gasteiger partial charge in [0.2, 0.25) is 0 Å². The van der Waals surface area contributed by atoms with Crippen LogP contribution in [0, 0.1) is 12.8 Å².